The van der Waals surface area contributed by atoms with Crippen LogP contribution in [-0.4, -0.2) is 66.5 Å². The predicted octanol–water partition coefficient (Wildman–Crippen LogP) is 4.48. The van der Waals surface area contributed by atoms with E-state index in [4.69, 9.17) is 4.74 Å². The number of aryl methyl sites for hydroxylation is 1. The van der Waals surface area contributed by atoms with Crippen molar-refractivity contribution in [1.29, 1.82) is 0 Å². The lowest BCUT2D eigenvalue weighted by atomic mass is 9.72. The number of nitrogens with zero attached hydrogens (tertiary/aromatic N) is 2. The molecule has 1 heterocycles. The lowest BCUT2D eigenvalue weighted by Crippen LogP contribution is -2.27. The fourth-order valence-corrected chi connectivity index (χ4v) is 5.77. The Kier molecular flexibility index (Phi) is 8.82. The van der Waals surface area contributed by atoms with E-state index in [2.05, 4.69) is 21.5 Å². The summed E-state index contributed by atoms with van der Waals surface area (Å²) in [6, 6.07) is 13.4. The molecule has 1 amide bonds. The van der Waals surface area contributed by atoms with Gasteiger partial charge in [0, 0.05) is 56.0 Å². The molecule has 2 aromatic carbocycles. The van der Waals surface area contributed by atoms with E-state index >= 15 is 0 Å². The highest BCUT2D eigenvalue weighted by Crippen LogP contribution is 2.41. The molecule has 35 heavy (non-hydrogen) atoms. The van der Waals surface area contributed by atoms with E-state index in [0.29, 0.717) is 12.2 Å². The van der Waals surface area contributed by atoms with E-state index in [1.165, 1.54) is 5.56 Å². The summed E-state index contributed by atoms with van der Waals surface area (Å²) < 4.78 is 5.30. The number of carboxylic acid groups (broad SMARTS) is 1. The minimum atomic E-state index is -0.770. The van der Waals surface area contributed by atoms with Crippen molar-refractivity contribution in [3.05, 3.63) is 64.7 Å². The van der Waals surface area contributed by atoms with Crippen molar-refractivity contribution in [3.63, 3.8) is 0 Å². The highest BCUT2D eigenvalue weighted by Gasteiger charge is 2.31. The molecule has 1 aliphatic heterocycles. The van der Waals surface area contributed by atoms with Gasteiger partial charge in [0.2, 0.25) is 0 Å². The number of thioether (sulfide) groups is 1. The van der Waals surface area contributed by atoms with Gasteiger partial charge < -0.3 is 15.2 Å². The Hall–Kier alpha value is -2.84. The van der Waals surface area contributed by atoms with Crippen LogP contribution in [-0.2, 0) is 16.0 Å². The molecule has 8 heteroatoms. The van der Waals surface area contributed by atoms with Crippen LogP contribution >= 0.6 is 11.8 Å². The number of methoxy groups -OCH3 is 1. The Labute approximate surface area is 210 Å². The van der Waals surface area contributed by atoms with Crippen molar-refractivity contribution in [2.75, 3.05) is 43.6 Å². The van der Waals surface area contributed by atoms with Gasteiger partial charge in [-0.2, -0.15) is 16.9 Å². The summed E-state index contributed by atoms with van der Waals surface area (Å²) in [6.07, 6.45) is 4.46. The number of rotatable bonds is 9. The first-order valence-corrected chi connectivity index (χ1v) is 13.3. The first-order chi connectivity index (χ1) is 17.0. The van der Waals surface area contributed by atoms with Crippen LogP contribution < -0.4 is 5.32 Å². The van der Waals surface area contributed by atoms with Crippen molar-refractivity contribution < 1.29 is 19.4 Å². The smallest absolute Gasteiger partial charge is 0.303 e. The number of hydrogen-bond donors (Lipinski definition) is 2. The molecule has 2 atom stereocenters. The topological polar surface area (TPSA) is 91.2 Å². The lowest BCUT2D eigenvalue weighted by Gasteiger charge is -2.33. The van der Waals surface area contributed by atoms with Gasteiger partial charge in [0.1, 0.15) is 0 Å². The van der Waals surface area contributed by atoms with E-state index in [1.807, 2.05) is 54.4 Å². The van der Waals surface area contributed by atoms with Gasteiger partial charge in [-0.1, -0.05) is 18.2 Å². The second-order valence-electron chi connectivity index (χ2n) is 9.08. The van der Waals surface area contributed by atoms with E-state index in [0.717, 1.165) is 60.7 Å². The molecular formula is C27H33N3O4S. The summed E-state index contributed by atoms with van der Waals surface area (Å²) in [4.78, 5) is 24.3. The molecule has 0 aromatic heterocycles. The van der Waals surface area contributed by atoms with E-state index in [9.17, 15) is 14.7 Å². The van der Waals surface area contributed by atoms with Gasteiger partial charge in [-0.05, 0) is 72.1 Å². The number of fused-ring (bicyclic) bond motifs is 1. The molecule has 2 aliphatic rings. The summed E-state index contributed by atoms with van der Waals surface area (Å²) in [7, 11) is 1.66. The zero-order valence-electron chi connectivity index (χ0n) is 20.1. The Morgan fingerprint density at radius 2 is 1.97 bits per heavy atom. The van der Waals surface area contributed by atoms with Gasteiger partial charge in [0.25, 0.3) is 5.91 Å². The fraction of sp³-hybridized carbons (Fsp3) is 0.444. The summed E-state index contributed by atoms with van der Waals surface area (Å²) in [5, 5.41) is 19.0. The van der Waals surface area contributed by atoms with Crippen LogP contribution in [0, 0.1) is 5.92 Å². The summed E-state index contributed by atoms with van der Waals surface area (Å²) >= 11 is 1.95. The van der Waals surface area contributed by atoms with E-state index < -0.39 is 5.97 Å². The van der Waals surface area contributed by atoms with Gasteiger partial charge in [0.05, 0.1) is 6.21 Å². The maximum Gasteiger partial charge on any atom is 0.303 e. The highest BCUT2D eigenvalue weighted by molar-refractivity contribution is 7.99. The number of carbonyl (C=O) groups is 2. The predicted molar refractivity (Wildman–Crippen MR) is 141 cm³/mol. The molecule has 0 saturated carbocycles. The number of ether oxygens (including phenoxy) is 1. The van der Waals surface area contributed by atoms with E-state index in [1.54, 1.807) is 7.11 Å². The monoisotopic (exact) mass is 495 g/mol. The summed E-state index contributed by atoms with van der Waals surface area (Å²) in [6.45, 7) is 2.50. The number of aliphatic carboxylic acids is 1. The normalized spacial score (nSPS) is 20.0. The molecule has 1 saturated heterocycles. The van der Waals surface area contributed by atoms with Crippen LogP contribution in [0.3, 0.4) is 0 Å². The van der Waals surface area contributed by atoms with Crippen molar-refractivity contribution in [2.24, 2.45) is 11.0 Å². The quantitative estimate of drug-likeness (QED) is 0.499. The molecule has 0 bridgehead atoms. The van der Waals surface area contributed by atoms with Crippen molar-refractivity contribution in [3.8, 4) is 0 Å². The molecule has 186 valence electrons. The molecular weight excluding hydrogens is 462 g/mol. The number of hydrogen-bond acceptors (Lipinski definition) is 6. The molecule has 2 aromatic rings. The number of carbonyl (C=O) groups excluding carboxylic acids is 1. The minimum absolute atomic E-state index is 0.0685. The number of benzene rings is 2. The Bertz CT molecular complexity index is 1050. The Morgan fingerprint density at radius 1 is 1.20 bits per heavy atom. The number of amides is 1. The Balaban J connectivity index is 1.44. The van der Waals surface area contributed by atoms with Crippen LogP contribution in [0.1, 0.15) is 52.2 Å². The third-order valence-electron chi connectivity index (χ3n) is 6.76. The van der Waals surface area contributed by atoms with E-state index in [-0.39, 0.29) is 24.2 Å². The van der Waals surface area contributed by atoms with Crippen LogP contribution in [0.25, 0.3) is 0 Å². The largest absolute Gasteiger partial charge is 0.481 e. The highest BCUT2D eigenvalue weighted by atomic mass is 32.2. The van der Waals surface area contributed by atoms with Gasteiger partial charge >= 0.3 is 5.97 Å². The maximum atomic E-state index is 12.9. The fourth-order valence-electron chi connectivity index (χ4n) is 4.89. The minimum Gasteiger partial charge on any atom is -0.481 e. The molecule has 0 spiro atoms. The number of carboxylic acids is 1. The van der Waals surface area contributed by atoms with Crippen molar-refractivity contribution in [1.82, 2.24) is 5.01 Å². The molecule has 2 N–H and O–H groups in total. The van der Waals surface area contributed by atoms with Crippen LogP contribution in [0.2, 0.25) is 0 Å². The molecule has 0 radical (unpaired) electrons. The number of nitrogens with one attached hydrogen (secondary N) is 1. The van der Waals surface area contributed by atoms with Gasteiger partial charge in [0.15, 0.2) is 0 Å². The zero-order chi connectivity index (χ0) is 24.6. The molecule has 7 nitrogen and oxygen atoms in total. The first-order valence-electron chi connectivity index (χ1n) is 12.1. The maximum absolute atomic E-state index is 12.9. The van der Waals surface area contributed by atoms with Crippen molar-refractivity contribution in [2.45, 2.75) is 31.6 Å². The lowest BCUT2D eigenvalue weighted by molar-refractivity contribution is -0.138. The average molecular weight is 496 g/mol. The van der Waals surface area contributed by atoms with Gasteiger partial charge in [-0.15, -0.1) is 0 Å². The average Bonchev–Trinajstić information content (AvgIpc) is 2.87. The van der Waals surface area contributed by atoms with Gasteiger partial charge in [-0.3, -0.25) is 14.6 Å². The SMILES string of the molecule is COCCC1c2cc(NC(=O)c3ccc(C=NN4CCSCC4)cc3)ccc2CCC1CC(=O)O. The zero-order valence-corrected chi connectivity index (χ0v) is 20.9. The standard InChI is InChI=1S/C27H33N3O4S/c1-34-13-10-24-22(16-26(31)32)7-6-20-8-9-23(17-25(20)24)29-27(33)21-4-2-19(3-5-21)18-28-30-11-14-35-15-12-30/h2-5,8-9,17-18,22,24H,6-7,10-16H2,1H3,(H,29,33)(H,31,32). The number of hydrazone groups is 1. The first kappa shape index (κ1) is 25.3. The molecule has 2 unspecified atom stereocenters. The summed E-state index contributed by atoms with van der Waals surface area (Å²) in [5.41, 5.74) is 4.61. The van der Waals surface area contributed by atoms with Crippen LogP contribution in [0.4, 0.5) is 5.69 Å². The van der Waals surface area contributed by atoms with Crippen LogP contribution in [0.5, 0.6) is 0 Å². The Morgan fingerprint density at radius 3 is 2.69 bits per heavy atom. The van der Waals surface area contributed by atoms with Crippen molar-refractivity contribution >= 4 is 35.5 Å². The molecule has 4 rings (SSSR count). The second kappa shape index (κ2) is 12.2. The molecule has 1 fully saturated rings. The molecule has 1 aliphatic carbocycles. The van der Waals surface area contributed by atoms with Gasteiger partial charge in [-0.25, -0.2) is 0 Å². The third-order valence-corrected chi connectivity index (χ3v) is 7.70. The summed E-state index contributed by atoms with van der Waals surface area (Å²) in [5.74, 6) is 1.43. The second-order valence-corrected chi connectivity index (χ2v) is 10.3. The van der Waals surface area contributed by atoms with Crippen LogP contribution in [0.15, 0.2) is 47.6 Å². The third kappa shape index (κ3) is 6.86. The number of anilines is 1.